The van der Waals surface area contributed by atoms with Gasteiger partial charge in [0.1, 0.15) is 12.4 Å². The maximum Gasteiger partial charge on any atom is 0.340 e. The Bertz CT molecular complexity index is 824. The molecule has 0 aliphatic heterocycles. The van der Waals surface area contributed by atoms with Crippen molar-refractivity contribution >= 4 is 16.9 Å². The second-order valence-electron chi connectivity index (χ2n) is 5.00. The average molecular weight is 311 g/mol. The molecule has 23 heavy (non-hydrogen) atoms. The first-order valence-corrected chi connectivity index (χ1v) is 7.17. The van der Waals surface area contributed by atoms with Crippen LogP contribution in [0.25, 0.3) is 10.9 Å². The molecule has 5 heteroatoms. The Kier molecular flexibility index (Phi) is 4.19. The van der Waals surface area contributed by atoms with Gasteiger partial charge in [0, 0.05) is 5.39 Å². The van der Waals surface area contributed by atoms with Gasteiger partial charge in [-0.25, -0.2) is 4.79 Å². The maximum atomic E-state index is 12.0. The SMILES string of the molecule is COC(=O)c1cn(OCc2ccccc2)c2ccc(OC)cc12. The van der Waals surface area contributed by atoms with Crippen LogP contribution in [0.15, 0.2) is 54.7 Å². The number of hydrogen-bond donors (Lipinski definition) is 0. The van der Waals surface area contributed by atoms with Crippen molar-refractivity contribution in [2.75, 3.05) is 14.2 Å². The number of ether oxygens (including phenoxy) is 2. The quantitative estimate of drug-likeness (QED) is 0.680. The van der Waals surface area contributed by atoms with Gasteiger partial charge in [-0.15, -0.1) is 0 Å². The minimum Gasteiger partial charge on any atom is -0.497 e. The molecule has 0 amide bonds. The number of esters is 1. The minimum absolute atomic E-state index is 0.400. The number of carbonyl (C=O) groups excluding carboxylic acids is 1. The minimum atomic E-state index is -0.412. The summed E-state index contributed by atoms with van der Waals surface area (Å²) in [5.74, 6) is 0.258. The van der Waals surface area contributed by atoms with Gasteiger partial charge in [0.25, 0.3) is 0 Å². The normalized spacial score (nSPS) is 10.5. The fourth-order valence-electron chi connectivity index (χ4n) is 2.40. The van der Waals surface area contributed by atoms with Gasteiger partial charge in [-0.05, 0) is 23.8 Å². The van der Waals surface area contributed by atoms with E-state index in [0.29, 0.717) is 17.9 Å². The van der Waals surface area contributed by atoms with Gasteiger partial charge in [0.05, 0.1) is 31.5 Å². The highest BCUT2D eigenvalue weighted by Gasteiger charge is 2.17. The Morgan fingerprint density at radius 1 is 1.09 bits per heavy atom. The van der Waals surface area contributed by atoms with Crippen LogP contribution in [-0.2, 0) is 11.3 Å². The van der Waals surface area contributed by atoms with E-state index in [2.05, 4.69) is 0 Å². The number of aromatic nitrogens is 1. The number of methoxy groups -OCH3 is 2. The number of hydrogen-bond acceptors (Lipinski definition) is 4. The zero-order valence-corrected chi connectivity index (χ0v) is 13.0. The van der Waals surface area contributed by atoms with Crippen LogP contribution in [0.5, 0.6) is 5.75 Å². The van der Waals surface area contributed by atoms with E-state index >= 15 is 0 Å². The van der Waals surface area contributed by atoms with Crippen molar-refractivity contribution < 1.29 is 19.1 Å². The average Bonchev–Trinajstić information content (AvgIpc) is 2.98. The van der Waals surface area contributed by atoms with Gasteiger partial charge in [0.15, 0.2) is 0 Å². The molecule has 0 saturated heterocycles. The summed E-state index contributed by atoms with van der Waals surface area (Å²) in [4.78, 5) is 17.8. The maximum absolute atomic E-state index is 12.0. The molecule has 3 rings (SSSR count). The second kappa shape index (κ2) is 6.44. The molecule has 1 heterocycles. The van der Waals surface area contributed by atoms with Gasteiger partial charge in [-0.3, -0.25) is 0 Å². The number of carbonyl (C=O) groups is 1. The Labute approximate surface area is 134 Å². The molecule has 5 nitrogen and oxygen atoms in total. The Balaban J connectivity index is 1.98. The summed E-state index contributed by atoms with van der Waals surface area (Å²) >= 11 is 0. The largest absolute Gasteiger partial charge is 0.497 e. The van der Waals surface area contributed by atoms with Crippen LogP contribution in [0, 0.1) is 0 Å². The third kappa shape index (κ3) is 2.99. The second-order valence-corrected chi connectivity index (χ2v) is 5.00. The van der Waals surface area contributed by atoms with Crippen molar-refractivity contribution in [3.05, 3.63) is 65.9 Å². The first-order valence-electron chi connectivity index (χ1n) is 7.17. The monoisotopic (exact) mass is 311 g/mol. The van der Waals surface area contributed by atoms with E-state index in [-0.39, 0.29) is 0 Å². The van der Waals surface area contributed by atoms with E-state index in [0.717, 1.165) is 16.5 Å². The Hall–Kier alpha value is -2.95. The van der Waals surface area contributed by atoms with E-state index in [1.807, 2.05) is 42.5 Å². The highest BCUT2D eigenvalue weighted by atomic mass is 16.7. The van der Waals surface area contributed by atoms with Gasteiger partial charge < -0.3 is 14.3 Å². The van der Waals surface area contributed by atoms with Crippen LogP contribution in [0.3, 0.4) is 0 Å². The molecule has 0 radical (unpaired) electrons. The topological polar surface area (TPSA) is 49.7 Å². The van der Waals surface area contributed by atoms with Crippen LogP contribution in [0.2, 0.25) is 0 Å². The predicted molar refractivity (Wildman–Crippen MR) is 86.6 cm³/mol. The van der Waals surface area contributed by atoms with Crippen LogP contribution < -0.4 is 9.57 Å². The molecule has 0 spiro atoms. The lowest BCUT2D eigenvalue weighted by atomic mass is 10.1. The Morgan fingerprint density at radius 2 is 1.87 bits per heavy atom. The van der Waals surface area contributed by atoms with E-state index in [9.17, 15) is 4.79 Å². The van der Waals surface area contributed by atoms with Crippen LogP contribution >= 0.6 is 0 Å². The molecule has 0 unspecified atom stereocenters. The molecule has 0 saturated carbocycles. The van der Waals surface area contributed by atoms with Crippen molar-refractivity contribution in [1.82, 2.24) is 4.73 Å². The van der Waals surface area contributed by atoms with Crippen molar-refractivity contribution in [2.45, 2.75) is 6.61 Å². The highest BCUT2D eigenvalue weighted by molar-refractivity contribution is 6.04. The summed E-state index contributed by atoms with van der Waals surface area (Å²) in [7, 11) is 2.94. The van der Waals surface area contributed by atoms with Crippen molar-refractivity contribution in [2.24, 2.45) is 0 Å². The van der Waals surface area contributed by atoms with Gasteiger partial charge in [-0.2, -0.15) is 4.73 Å². The van der Waals surface area contributed by atoms with Crippen LogP contribution in [-0.4, -0.2) is 24.9 Å². The summed E-state index contributed by atoms with van der Waals surface area (Å²) in [5, 5.41) is 0.726. The van der Waals surface area contributed by atoms with E-state index in [1.165, 1.54) is 7.11 Å². The summed E-state index contributed by atoms with van der Waals surface area (Å²) in [6.45, 7) is 0.400. The summed E-state index contributed by atoms with van der Waals surface area (Å²) in [5.41, 5.74) is 2.26. The standard InChI is InChI=1S/C18H17NO4/c1-21-14-8-9-17-15(10-14)16(18(20)22-2)11-19(17)23-12-13-6-4-3-5-7-13/h3-11H,12H2,1-2H3. The molecule has 0 fully saturated rings. The molecule has 118 valence electrons. The van der Waals surface area contributed by atoms with Gasteiger partial charge >= 0.3 is 5.97 Å². The van der Waals surface area contributed by atoms with Crippen molar-refractivity contribution in [3.8, 4) is 5.75 Å². The fourth-order valence-corrected chi connectivity index (χ4v) is 2.40. The molecule has 0 aliphatic rings. The van der Waals surface area contributed by atoms with Gasteiger partial charge in [0.2, 0.25) is 0 Å². The lowest BCUT2D eigenvalue weighted by Gasteiger charge is -2.08. The van der Waals surface area contributed by atoms with Crippen LogP contribution in [0.1, 0.15) is 15.9 Å². The van der Waals surface area contributed by atoms with Crippen molar-refractivity contribution in [1.29, 1.82) is 0 Å². The highest BCUT2D eigenvalue weighted by Crippen LogP contribution is 2.26. The fraction of sp³-hybridized carbons (Fsp3) is 0.167. The molecule has 2 aromatic carbocycles. The van der Waals surface area contributed by atoms with Crippen LogP contribution in [0.4, 0.5) is 0 Å². The summed E-state index contributed by atoms with van der Waals surface area (Å²) in [6.07, 6.45) is 1.64. The van der Waals surface area contributed by atoms with Crippen molar-refractivity contribution in [3.63, 3.8) is 0 Å². The molecule has 0 N–H and O–H groups in total. The molecular weight excluding hydrogens is 294 g/mol. The molecule has 3 aromatic rings. The van der Waals surface area contributed by atoms with E-state index in [1.54, 1.807) is 24.1 Å². The molecule has 0 bridgehead atoms. The zero-order valence-electron chi connectivity index (χ0n) is 13.0. The first-order chi connectivity index (χ1) is 11.2. The number of fused-ring (bicyclic) bond motifs is 1. The summed E-state index contributed by atoms with van der Waals surface area (Å²) < 4.78 is 11.7. The molecular formula is C18H17NO4. The third-order valence-electron chi connectivity index (χ3n) is 3.60. The molecule has 1 aromatic heterocycles. The third-order valence-corrected chi connectivity index (χ3v) is 3.60. The van der Waals surface area contributed by atoms with Gasteiger partial charge in [-0.1, -0.05) is 30.3 Å². The zero-order chi connectivity index (χ0) is 16.2. The molecule has 0 aliphatic carbocycles. The number of nitrogens with zero attached hydrogens (tertiary/aromatic N) is 1. The Morgan fingerprint density at radius 3 is 2.57 bits per heavy atom. The van der Waals surface area contributed by atoms with E-state index in [4.69, 9.17) is 14.3 Å². The lowest BCUT2D eigenvalue weighted by Crippen LogP contribution is -2.10. The lowest BCUT2D eigenvalue weighted by molar-refractivity contribution is 0.0597. The first kappa shape index (κ1) is 15.0. The number of benzene rings is 2. The summed E-state index contributed by atoms with van der Waals surface area (Å²) in [6, 6.07) is 15.3. The smallest absolute Gasteiger partial charge is 0.340 e. The predicted octanol–water partition coefficient (Wildman–Crippen LogP) is 3.07. The number of rotatable bonds is 5. The van der Waals surface area contributed by atoms with E-state index < -0.39 is 5.97 Å². The molecule has 0 atom stereocenters.